The summed E-state index contributed by atoms with van der Waals surface area (Å²) >= 11 is 0. The second-order valence-corrected chi connectivity index (χ2v) is 6.29. The molecule has 0 aromatic heterocycles. The van der Waals surface area contributed by atoms with Crippen LogP contribution >= 0.6 is 0 Å². The number of ether oxygens (including phenoxy) is 2. The number of carbonyl (C=O) groups is 3. The molecule has 0 aliphatic heterocycles. The summed E-state index contributed by atoms with van der Waals surface area (Å²) in [6.07, 6.45) is 1.65. The molecular formula is C15H25NO5. The normalized spacial score (nSPS) is 22.6. The molecule has 0 bridgehead atoms. The van der Waals surface area contributed by atoms with Gasteiger partial charge in [-0.2, -0.15) is 0 Å². The molecule has 0 saturated heterocycles. The highest BCUT2D eigenvalue weighted by molar-refractivity contribution is 6.04. The Bertz CT molecular complexity index is 413. The molecule has 1 rings (SSSR count). The molecule has 0 spiro atoms. The van der Waals surface area contributed by atoms with Crippen molar-refractivity contribution in [2.24, 2.45) is 5.41 Å². The number of alkyl carbamates (subject to hydrolysis) is 1. The lowest BCUT2D eigenvalue weighted by atomic mass is 9.73. The zero-order valence-electron chi connectivity index (χ0n) is 13.3. The Morgan fingerprint density at radius 2 is 1.95 bits per heavy atom. The van der Waals surface area contributed by atoms with E-state index in [1.54, 1.807) is 27.7 Å². The molecule has 0 aromatic carbocycles. The van der Waals surface area contributed by atoms with Gasteiger partial charge in [0.2, 0.25) is 0 Å². The monoisotopic (exact) mass is 299 g/mol. The first-order valence-electron chi connectivity index (χ1n) is 7.38. The molecule has 1 N–H and O–H groups in total. The van der Waals surface area contributed by atoms with Crippen LogP contribution in [-0.2, 0) is 19.1 Å². The zero-order chi connectivity index (χ0) is 16.1. The van der Waals surface area contributed by atoms with E-state index in [2.05, 4.69) is 5.32 Å². The molecule has 1 aliphatic rings. The van der Waals surface area contributed by atoms with Gasteiger partial charge in [0.1, 0.15) is 11.0 Å². The molecule has 120 valence electrons. The highest BCUT2D eigenvalue weighted by Gasteiger charge is 2.48. The molecule has 0 heterocycles. The highest BCUT2D eigenvalue weighted by atomic mass is 16.6. The molecule has 1 aliphatic carbocycles. The SMILES string of the molecule is CCOC(=O)C1(CNC(=O)OC(C)(C)C)CCCCC1=O. The number of nitrogens with one attached hydrogen (secondary N) is 1. The molecule has 6 nitrogen and oxygen atoms in total. The van der Waals surface area contributed by atoms with E-state index < -0.39 is 23.1 Å². The van der Waals surface area contributed by atoms with Gasteiger partial charge >= 0.3 is 12.1 Å². The molecule has 1 atom stereocenters. The van der Waals surface area contributed by atoms with Crippen LogP contribution in [0.15, 0.2) is 0 Å². The Hall–Kier alpha value is -1.59. The molecular weight excluding hydrogens is 274 g/mol. The number of hydrogen-bond acceptors (Lipinski definition) is 5. The molecule has 1 unspecified atom stereocenters. The van der Waals surface area contributed by atoms with Gasteiger partial charge in [0, 0.05) is 13.0 Å². The van der Waals surface area contributed by atoms with Gasteiger partial charge in [-0.15, -0.1) is 0 Å². The summed E-state index contributed by atoms with van der Waals surface area (Å²) in [4.78, 5) is 36.2. The minimum Gasteiger partial charge on any atom is -0.465 e. The van der Waals surface area contributed by atoms with Crippen LogP contribution in [0.4, 0.5) is 4.79 Å². The molecule has 1 saturated carbocycles. The van der Waals surface area contributed by atoms with Crippen molar-refractivity contribution in [3.63, 3.8) is 0 Å². The minimum absolute atomic E-state index is 0.0699. The lowest BCUT2D eigenvalue weighted by Gasteiger charge is -2.33. The van der Waals surface area contributed by atoms with Crippen LogP contribution in [0.3, 0.4) is 0 Å². The summed E-state index contributed by atoms with van der Waals surface area (Å²) in [5.74, 6) is -0.714. The van der Waals surface area contributed by atoms with Gasteiger partial charge in [-0.3, -0.25) is 9.59 Å². The predicted molar refractivity (Wildman–Crippen MR) is 76.8 cm³/mol. The van der Waals surface area contributed by atoms with Crippen LogP contribution in [-0.4, -0.2) is 36.6 Å². The molecule has 1 amide bonds. The Kier molecular flexibility index (Phi) is 5.75. The summed E-state index contributed by atoms with van der Waals surface area (Å²) < 4.78 is 10.2. The van der Waals surface area contributed by atoms with Gasteiger partial charge in [0.25, 0.3) is 0 Å². The van der Waals surface area contributed by atoms with Crippen LogP contribution in [0, 0.1) is 5.41 Å². The van der Waals surface area contributed by atoms with E-state index in [-0.39, 0.29) is 18.9 Å². The van der Waals surface area contributed by atoms with Crippen molar-refractivity contribution < 1.29 is 23.9 Å². The number of amides is 1. The minimum atomic E-state index is -1.26. The van der Waals surface area contributed by atoms with Gasteiger partial charge in [0.15, 0.2) is 5.78 Å². The fourth-order valence-corrected chi connectivity index (χ4v) is 2.37. The average molecular weight is 299 g/mol. The third-order valence-electron chi connectivity index (χ3n) is 3.39. The Morgan fingerprint density at radius 1 is 1.29 bits per heavy atom. The molecule has 0 aromatic rings. The summed E-state index contributed by atoms with van der Waals surface area (Å²) in [5, 5.41) is 2.54. The van der Waals surface area contributed by atoms with Crippen molar-refractivity contribution in [3.8, 4) is 0 Å². The maximum absolute atomic E-state index is 12.2. The van der Waals surface area contributed by atoms with Crippen LogP contribution in [0.2, 0.25) is 0 Å². The van der Waals surface area contributed by atoms with Crippen molar-refractivity contribution in [2.45, 2.75) is 59.0 Å². The van der Waals surface area contributed by atoms with Crippen molar-refractivity contribution >= 4 is 17.8 Å². The van der Waals surface area contributed by atoms with Crippen LogP contribution in [0.25, 0.3) is 0 Å². The molecule has 21 heavy (non-hydrogen) atoms. The van der Waals surface area contributed by atoms with Crippen molar-refractivity contribution in [1.82, 2.24) is 5.32 Å². The first-order valence-corrected chi connectivity index (χ1v) is 7.38. The summed E-state index contributed by atoms with van der Waals surface area (Å²) in [6.45, 7) is 7.08. The van der Waals surface area contributed by atoms with Gasteiger partial charge in [-0.05, 0) is 40.5 Å². The van der Waals surface area contributed by atoms with E-state index in [0.29, 0.717) is 12.8 Å². The summed E-state index contributed by atoms with van der Waals surface area (Å²) in [7, 11) is 0. The van der Waals surface area contributed by atoms with Crippen LogP contribution in [0.5, 0.6) is 0 Å². The molecule has 6 heteroatoms. The van der Waals surface area contributed by atoms with Crippen molar-refractivity contribution in [2.75, 3.05) is 13.2 Å². The summed E-state index contributed by atoms with van der Waals surface area (Å²) in [6, 6.07) is 0. The predicted octanol–water partition coefficient (Wildman–Crippen LogP) is 2.20. The van der Waals surface area contributed by atoms with Gasteiger partial charge < -0.3 is 14.8 Å². The molecule has 1 fully saturated rings. The van der Waals surface area contributed by atoms with E-state index >= 15 is 0 Å². The third-order valence-corrected chi connectivity index (χ3v) is 3.39. The number of carbonyl (C=O) groups excluding carboxylic acids is 3. The van der Waals surface area contributed by atoms with E-state index in [1.807, 2.05) is 0 Å². The van der Waals surface area contributed by atoms with Crippen molar-refractivity contribution in [1.29, 1.82) is 0 Å². The number of Topliss-reactive ketones (excluding diaryl/α,β-unsaturated/α-hetero) is 1. The van der Waals surface area contributed by atoms with Crippen molar-refractivity contribution in [3.05, 3.63) is 0 Å². The van der Waals surface area contributed by atoms with Gasteiger partial charge in [-0.25, -0.2) is 4.79 Å². The van der Waals surface area contributed by atoms with Crippen LogP contribution in [0.1, 0.15) is 53.4 Å². The quantitative estimate of drug-likeness (QED) is 0.635. The highest BCUT2D eigenvalue weighted by Crippen LogP contribution is 2.34. The summed E-state index contributed by atoms with van der Waals surface area (Å²) in [5.41, 5.74) is -1.89. The lowest BCUT2D eigenvalue weighted by molar-refractivity contribution is -0.161. The first-order chi connectivity index (χ1) is 9.71. The van der Waals surface area contributed by atoms with E-state index in [0.717, 1.165) is 12.8 Å². The largest absolute Gasteiger partial charge is 0.465 e. The Labute approximate surface area is 125 Å². The van der Waals surface area contributed by atoms with E-state index in [4.69, 9.17) is 9.47 Å². The van der Waals surface area contributed by atoms with E-state index in [1.165, 1.54) is 0 Å². The smallest absolute Gasteiger partial charge is 0.407 e. The third kappa shape index (κ3) is 4.72. The number of rotatable bonds is 4. The Balaban J connectivity index is 2.77. The van der Waals surface area contributed by atoms with Gasteiger partial charge in [0.05, 0.1) is 6.61 Å². The number of ketones is 1. The standard InChI is InChI=1S/C15H25NO5/c1-5-20-12(18)15(9-7-6-8-11(15)17)10-16-13(19)21-14(2,3)4/h5-10H2,1-4H3,(H,16,19). The zero-order valence-corrected chi connectivity index (χ0v) is 13.3. The van der Waals surface area contributed by atoms with Crippen LogP contribution < -0.4 is 5.32 Å². The average Bonchev–Trinajstić information content (AvgIpc) is 2.36. The molecule has 0 radical (unpaired) electrons. The fourth-order valence-electron chi connectivity index (χ4n) is 2.37. The first kappa shape index (κ1) is 17.5. The van der Waals surface area contributed by atoms with E-state index in [9.17, 15) is 14.4 Å². The number of esters is 1. The lowest BCUT2D eigenvalue weighted by Crippen LogP contribution is -2.51. The Morgan fingerprint density at radius 3 is 2.48 bits per heavy atom. The maximum atomic E-state index is 12.2. The topological polar surface area (TPSA) is 81.7 Å². The second kappa shape index (κ2) is 6.91. The number of hydrogen-bond donors (Lipinski definition) is 1. The second-order valence-electron chi connectivity index (χ2n) is 6.29. The van der Waals surface area contributed by atoms with Gasteiger partial charge in [-0.1, -0.05) is 6.42 Å². The maximum Gasteiger partial charge on any atom is 0.407 e. The fraction of sp³-hybridized carbons (Fsp3) is 0.800.